The molecule has 3 aromatic rings. The van der Waals surface area contributed by atoms with E-state index in [4.69, 9.17) is 4.74 Å². The first-order valence-electron chi connectivity index (χ1n) is 6.48. The molecule has 3 rings (SSSR count). The molecule has 2 aromatic carbocycles. The molecule has 1 heterocycles. The van der Waals surface area contributed by atoms with Crippen molar-refractivity contribution in [3.8, 4) is 0 Å². The van der Waals surface area contributed by atoms with Crippen LogP contribution in [-0.4, -0.2) is 23.0 Å². The maximum Gasteiger partial charge on any atom is 0.340 e. The number of imidazole rings is 1. The van der Waals surface area contributed by atoms with Gasteiger partial charge in [-0.05, 0) is 29.8 Å². The Bertz CT molecular complexity index is 794. The van der Waals surface area contributed by atoms with Crippen LogP contribution < -0.4 is 0 Å². The van der Waals surface area contributed by atoms with E-state index in [1.807, 2.05) is 36.4 Å². The fraction of sp³-hybridized carbons (Fsp3) is 0.125. The van der Waals surface area contributed by atoms with Crippen LogP contribution in [-0.2, 0) is 11.2 Å². The van der Waals surface area contributed by atoms with Gasteiger partial charge in [-0.1, -0.05) is 34.1 Å². The maximum absolute atomic E-state index is 11.8. The molecule has 0 aliphatic carbocycles. The monoisotopic (exact) mass is 344 g/mol. The lowest BCUT2D eigenvalue weighted by atomic mass is 10.1. The van der Waals surface area contributed by atoms with E-state index in [9.17, 15) is 4.79 Å². The minimum Gasteiger partial charge on any atom is -0.465 e. The molecule has 0 spiro atoms. The van der Waals surface area contributed by atoms with Crippen LogP contribution in [0.4, 0.5) is 0 Å². The van der Waals surface area contributed by atoms with Crippen LogP contribution in [0.1, 0.15) is 21.7 Å². The number of ether oxygens (including phenoxy) is 1. The van der Waals surface area contributed by atoms with Crippen molar-refractivity contribution in [1.82, 2.24) is 9.97 Å². The fourth-order valence-corrected chi connectivity index (χ4v) is 2.50. The summed E-state index contributed by atoms with van der Waals surface area (Å²) < 4.78 is 5.83. The zero-order valence-corrected chi connectivity index (χ0v) is 13.0. The largest absolute Gasteiger partial charge is 0.465 e. The standard InChI is InChI=1S/C16H13BrN2O2/c1-21-16(20)12-3-2-4-13-15(12)19-14(18-13)9-10-5-7-11(17)8-6-10/h2-8H,9H2,1H3,(H,18,19). The van der Waals surface area contributed by atoms with Gasteiger partial charge in [0.25, 0.3) is 0 Å². The smallest absolute Gasteiger partial charge is 0.340 e. The van der Waals surface area contributed by atoms with E-state index < -0.39 is 0 Å². The van der Waals surface area contributed by atoms with Gasteiger partial charge >= 0.3 is 5.97 Å². The average Bonchev–Trinajstić information content (AvgIpc) is 2.91. The molecular weight excluding hydrogens is 332 g/mol. The number of aromatic nitrogens is 2. The fourth-order valence-electron chi connectivity index (χ4n) is 2.24. The van der Waals surface area contributed by atoms with Crippen molar-refractivity contribution in [3.05, 3.63) is 63.9 Å². The van der Waals surface area contributed by atoms with E-state index in [1.165, 1.54) is 7.11 Å². The van der Waals surface area contributed by atoms with Gasteiger partial charge in [0, 0.05) is 10.9 Å². The summed E-state index contributed by atoms with van der Waals surface area (Å²) in [6.45, 7) is 0. The second-order valence-corrected chi connectivity index (χ2v) is 5.60. The lowest BCUT2D eigenvalue weighted by Gasteiger charge is -1.99. The van der Waals surface area contributed by atoms with Gasteiger partial charge in [-0.3, -0.25) is 0 Å². The van der Waals surface area contributed by atoms with Crippen LogP contribution in [0.2, 0.25) is 0 Å². The number of aromatic amines is 1. The molecule has 5 heteroatoms. The summed E-state index contributed by atoms with van der Waals surface area (Å²) in [5.41, 5.74) is 3.12. The highest BCUT2D eigenvalue weighted by Gasteiger charge is 2.13. The average molecular weight is 345 g/mol. The first-order valence-corrected chi connectivity index (χ1v) is 7.27. The Morgan fingerprint density at radius 1 is 1.24 bits per heavy atom. The molecule has 0 radical (unpaired) electrons. The number of hydrogen-bond acceptors (Lipinski definition) is 3. The number of nitrogens with zero attached hydrogens (tertiary/aromatic N) is 1. The molecule has 0 saturated carbocycles. The first-order chi connectivity index (χ1) is 10.2. The minimum absolute atomic E-state index is 0.373. The molecule has 0 amide bonds. The maximum atomic E-state index is 11.8. The molecule has 0 aliphatic rings. The van der Waals surface area contributed by atoms with E-state index in [0.717, 1.165) is 21.4 Å². The first kappa shape index (κ1) is 13.8. The molecule has 21 heavy (non-hydrogen) atoms. The lowest BCUT2D eigenvalue weighted by molar-refractivity contribution is 0.0603. The lowest BCUT2D eigenvalue weighted by Crippen LogP contribution is -2.01. The molecule has 4 nitrogen and oxygen atoms in total. The minimum atomic E-state index is -0.373. The summed E-state index contributed by atoms with van der Waals surface area (Å²) in [5, 5.41) is 0. The zero-order chi connectivity index (χ0) is 14.8. The van der Waals surface area contributed by atoms with Gasteiger partial charge in [-0.15, -0.1) is 0 Å². The highest BCUT2D eigenvalue weighted by Crippen LogP contribution is 2.19. The van der Waals surface area contributed by atoms with Crippen molar-refractivity contribution in [2.45, 2.75) is 6.42 Å². The molecule has 0 bridgehead atoms. The second-order valence-electron chi connectivity index (χ2n) is 4.68. The van der Waals surface area contributed by atoms with E-state index in [1.54, 1.807) is 6.07 Å². The Kier molecular flexibility index (Phi) is 3.75. The number of carbonyl (C=O) groups is 1. The number of hydrogen-bond donors (Lipinski definition) is 1. The van der Waals surface area contributed by atoms with Crippen LogP contribution in [0.25, 0.3) is 11.0 Å². The Morgan fingerprint density at radius 2 is 2.00 bits per heavy atom. The second kappa shape index (κ2) is 5.69. The Hall–Kier alpha value is -2.14. The number of esters is 1. The zero-order valence-electron chi connectivity index (χ0n) is 11.4. The van der Waals surface area contributed by atoms with Crippen molar-refractivity contribution in [3.63, 3.8) is 0 Å². The molecule has 106 valence electrons. The number of carbonyl (C=O) groups excluding carboxylic acids is 1. The summed E-state index contributed by atoms with van der Waals surface area (Å²) in [5.74, 6) is 0.450. The number of rotatable bonds is 3. The number of fused-ring (bicyclic) bond motifs is 1. The molecule has 0 saturated heterocycles. The summed E-state index contributed by atoms with van der Waals surface area (Å²) in [7, 11) is 1.37. The molecule has 1 N–H and O–H groups in total. The van der Waals surface area contributed by atoms with Gasteiger partial charge in [0.2, 0.25) is 0 Å². The van der Waals surface area contributed by atoms with Gasteiger partial charge in [0.05, 0.1) is 18.2 Å². The molecule has 0 unspecified atom stereocenters. The predicted octanol–water partition coefficient (Wildman–Crippen LogP) is 3.70. The van der Waals surface area contributed by atoms with Gasteiger partial charge < -0.3 is 9.72 Å². The van der Waals surface area contributed by atoms with Gasteiger partial charge in [0.1, 0.15) is 11.3 Å². The highest BCUT2D eigenvalue weighted by atomic mass is 79.9. The van der Waals surface area contributed by atoms with E-state index in [0.29, 0.717) is 17.5 Å². The van der Waals surface area contributed by atoms with E-state index in [-0.39, 0.29) is 5.97 Å². The van der Waals surface area contributed by atoms with E-state index >= 15 is 0 Å². The number of H-pyrrole nitrogens is 1. The number of halogens is 1. The third kappa shape index (κ3) is 2.83. The molecule has 0 fully saturated rings. The topological polar surface area (TPSA) is 55.0 Å². The summed E-state index contributed by atoms with van der Waals surface area (Å²) in [4.78, 5) is 19.5. The summed E-state index contributed by atoms with van der Waals surface area (Å²) in [6.07, 6.45) is 0.683. The Morgan fingerprint density at radius 3 is 2.71 bits per heavy atom. The predicted molar refractivity (Wildman–Crippen MR) is 84.4 cm³/mol. The van der Waals surface area contributed by atoms with Gasteiger partial charge in [0.15, 0.2) is 0 Å². The van der Waals surface area contributed by atoms with Gasteiger partial charge in [-0.2, -0.15) is 0 Å². The van der Waals surface area contributed by atoms with Crippen LogP contribution in [0, 0.1) is 0 Å². The molecule has 0 aliphatic heterocycles. The number of methoxy groups -OCH3 is 1. The van der Waals surface area contributed by atoms with Crippen molar-refractivity contribution in [2.75, 3.05) is 7.11 Å². The van der Waals surface area contributed by atoms with Crippen molar-refractivity contribution in [2.24, 2.45) is 0 Å². The molecule has 1 aromatic heterocycles. The summed E-state index contributed by atoms with van der Waals surface area (Å²) >= 11 is 3.42. The Balaban J connectivity index is 1.97. The quantitative estimate of drug-likeness (QED) is 0.737. The van der Waals surface area contributed by atoms with Crippen molar-refractivity contribution in [1.29, 1.82) is 0 Å². The normalized spacial score (nSPS) is 10.8. The van der Waals surface area contributed by atoms with Gasteiger partial charge in [-0.25, -0.2) is 9.78 Å². The summed E-state index contributed by atoms with van der Waals surface area (Å²) in [6, 6.07) is 13.5. The van der Waals surface area contributed by atoms with E-state index in [2.05, 4.69) is 25.9 Å². The Labute approximate surface area is 130 Å². The van der Waals surface area contributed by atoms with Crippen LogP contribution in [0.3, 0.4) is 0 Å². The SMILES string of the molecule is COC(=O)c1cccc2[nH]c(Cc3ccc(Br)cc3)nc12. The van der Waals surface area contributed by atoms with Crippen LogP contribution in [0.5, 0.6) is 0 Å². The number of benzene rings is 2. The number of para-hydroxylation sites is 1. The molecule has 0 atom stereocenters. The molecular formula is C16H13BrN2O2. The highest BCUT2D eigenvalue weighted by molar-refractivity contribution is 9.10. The third-order valence-corrected chi connectivity index (χ3v) is 3.78. The third-order valence-electron chi connectivity index (χ3n) is 3.25. The van der Waals surface area contributed by atoms with Crippen LogP contribution >= 0.6 is 15.9 Å². The van der Waals surface area contributed by atoms with Crippen molar-refractivity contribution >= 4 is 32.9 Å². The van der Waals surface area contributed by atoms with Crippen LogP contribution in [0.15, 0.2) is 46.9 Å². The van der Waals surface area contributed by atoms with Crippen molar-refractivity contribution < 1.29 is 9.53 Å². The number of nitrogens with one attached hydrogen (secondary N) is 1.